The Balaban J connectivity index is 0.000000337. The Morgan fingerprint density at radius 3 is 1.41 bits per heavy atom. The number of imidazole rings is 1. The molecule has 7 aromatic rings. The number of nitrogens with zero attached hydrogens (tertiary/aromatic N) is 5. The van der Waals surface area contributed by atoms with Gasteiger partial charge in [0, 0.05) is 101 Å². The summed E-state index contributed by atoms with van der Waals surface area (Å²) >= 11 is 2.56. The third-order valence-corrected chi connectivity index (χ3v) is 20.4. The van der Waals surface area contributed by atoms with Gasteiger partial charge in [-0.1, -0.05) is 212 Å². The second kappa shape index (κ2) is 47.1. The van der Waals surface area contributed by atoms with Crippen LogP contribution in [0.15, 0.2) is 110 Å². The Labute approximate surface area is 690 Å². The fourth-order valence-corrected chi connectivity index (χ4v) is 14.1. The van der Waals surface area contributed by atoms with Crippen LogP contribution < -0.4 is 38.5 Å². The quantitative estimate of drug-likeness (QED) is 0.0329. The number of aliphatic carboxylic acids is 1. The van der Waals surface area contributed by atoms with Crippen molar-refractivity contribution in [3.63, 3.8) is 0 Å². The van der Waals surface area contributed by atoms with Crippen molar-refractivity contribution in [1.82, 2.24) is 35.1 Å². The molecule has 3 unspecified atom stereocenters. The molecular weight excluding hydrogens is 1490 g/mol. The van der Waals surface area contributed by atoms with Crippen molar-refractivity contribution >= 4 is 97.0 Å². The first-order chi connectivity index (χ1) is 53.5. The topological polar surface area (TPSA) is 383 Å². The van der Waals surface area contributed by atoms with Crippen LogP contribution in [0.25, 0.3) is 11.1 Å². The van der Waals surface area contributed by atoms with E-state index < -0.39 is 16.8 Å². The smallest absolute Gasteiger partial charge is 0.322 e. The fourth-order valence-electron chi connectivity index (χ4n) is 12.2. The van der Waals surface area contributed by atoms with Crippen molar-refractivity contribution in [2.75, 3.05) is 55.7 Å². The van der Waals surface area contributed by atoms with Crippen LogP contribution in [-0.2, 0) is 35.8 Å². The highest BCUT2D eigenvalue weighted by molar-refractivity contribution is 7.17. The number of pyridine rings is 1. The Morgan fingerprint density at radius 2 is 1.04 bits per heavy atom. The molecule has 11 rings (SSSR count). The number of ether oxygens (including phenoxy) is 1. The second-order valence-corrected chi connectivity index (χ2v) is 36.1. The van der Waals surface area contributed by atoms with E-state index in [1.165, 1.54) is 83.7 Å². The lowest BCUT2D eigenvalue weighted by Gasteiger charge is -2.28. The number of Topliss-reactive ketones (excluding diaryl/α,β-unsaturated/α-hetero) is 8. The van der Waals surface area contributed by atoms with Gasteiger partial charge in [-0.3, -0.25) is 52.9 Å². The first-order valence-electron chi connectivity index (χ1n) is 39.4. The summed E-state index contributed by atoms with van der Waals surface area (Å²) in [7, 11) is 1.77. The number of esters is 1. The number of anilines is 3. The molecule has 630 valence electrons. The molecule has 0 amide bonds. The van der Waals surface area contributed by atoms with Gasteiger partial charge in [-0.25, -0.2) is 15.0 Å². The van der Waals surface area contributed by atoms with E-state index in [1.807, 2.05) is 166 Å². The fraction of sp³-hybridized carbons (Fsp3) is 0.528. The van der Waals surface area contributed by atoms with Gasteiger partial charge in [-0.05, 0) is 133 Å². The molecule has 3 aromatic carbocycles. The van der Waals surface area contributed by atoms with Gasteiger partial charge in [0.1, 0.15) is 30.5 Å². The number of fused-ring (bicyclic) bond motifs is 3. The zero-order valence-corrected chi connectivity index (χ0v) is 73.7. The number of aryl methyl sites for hydroxylation is 3. The van der Waals surface area contributed by atoms with E-state index in [1.54, 1.807) is 63.1 Å². The number of hydrogen-bond donors (Lipinski definition) is 8. The summed E-state index contributed by atoms with van der Waals surface area (Å²) in [5, 5.41) is 21.8. The normalized spacial score (nSPS) is 16.1. The third-order valence-electron chi connectivity index (χ3n) is 18.5. The number of carboxylic acid groups (broad SMARTS) is 1. The van der Waals surface area contributed by atoms with E-state index in [0.717, 1.165) is 67.1 Å². The van der Waals surface area contributed by atoms with Crippen LogP contribution in [0.4, 0.5) is 16.1 Å². The number of carbonyl (C=O) groups excluding carboxylic acids is 9. The lowest BCUT2D eigenvalue weighted by Crippen LogP contribution is -2.45. The van der Waals surface area contributed by atoms with Gasteiger partial charge in [0.25, 0.3) is 0 Å². The number of benzene rings is 3. The van der Waals surface area contributed by atoms with Crippen molar-refractivity contribution in [1.29, 1.82) is 0 Å². The molecule has 2 saturated heterocycles. The summed E-state index contributed by atoms with van der Waals surface area (Å²) in [5.41, 5.74) is 23.4. The van der Waals surface area contributed by atoms with Crippen LogP contribution in [0.5, 0.6) is 0 Å². The van der Waals surface area contributed by atoms with E-state index in [2.05, 4.69) is 65.5 Å². The molecule has 4 aromatic heterocycles. The number of carboxylic acids is 1. The van der Waals surface area contributed by atoms with Gasteiger partial charge >= 0.3 is 11.9 Å². The van der Waals surface area contributed by atoms with E-state index in [0.29, 0.717) is 63.4 Å². The molecule has 2 aliphatic heterocycles. The maximum Gasteiger partial charge on any atom is 0.322 e. The number of piperidine rings is 2. The molecule has 6 heterocycles. The molecule has 2 aliphatic carbocycles. The van der Waals surface area contributed by atoms with Gasteiger partial charge < -0.3 is 52.9 Å². The third kappa shape index (κ3) is 35.0. The summed E-state index contributed by atoms with van der Waals surface area (Å²) in [5.74, 6) is 1.41. The zero-order chi connectivity index (χ0) is 86.9. The molecule has 1 saturated carbocycles. The molecule has 24 nitrogen and oxygen atoms in total. The van der Waals surface area contributed by atoms with Crippen molar-refractivity contribution < 1.29 is 57.8 Å². The highest BCUT2D eigenvalue weighted by atomic mass is 32.1. The average Bonchev–Trinajstić information content (AvgIpc) is 1.61. The van der Waals surface area contributed by atoms with Crippen molar-refractivity contribution in [3.05, 3.63) is 159 Å². The molecule has 4 aliphatic rings. The number of nitrogens with two attached hydrogens (primary N) is 3. The first kappa shape index (κ1) is 100. The zero-order valence-electron chi connectivity index (χ0n) is 72.1. The number of nitrogens with one attached hydrogen (secondary N) is 4. The maximum absolute atomic E-state index is 11.9. The highest BCUT2D eigenvalue weighted by Crippen LogP contribution is 2.45. The number of ketones is 8. The van der Waals surface area contributed by atoms with Gasteiger partial charge in [0.15, 0.2) is 45.0 Å². The van der Waals surface area contributed by atoms with Gasteiger partial charge in [-0.15, -0.1) is 0 Å². The van der Waals surface area contributed by atoms with Crippen LogP contribution in [-0.4, -0.2) is 145 Å². The minimum absolute atomic E-state index is 0.00620. The van der Waals surface area contributed by atoms with Crippen LogP contribution in [0.2, 0.25) is 0 Å². The largest absolute Gasteiger partial charge is 0.480 e. The minimum Gasteiger partial charge on any atom is -0.480 e. The first-order valence-corrected chi connectivity index (χ1v) is 41.0. The van der Waals surface area contributed by atoms with Gasteiger partial charge in [0.2, 0.25) is 5.78 Å². The number of aromatic nitrogens is 5. The van der Waals surface area contributed by atoms with E-state index in [9.17, 15) is 47.9 Å². The number of rotatable bonds is 16. The Bertz CT molecular complexity index is 4190. The van der Waals surface area contributed by atoms with Crippen molar-refractivity contribution in [2.45, 2.75) is 227 Å². The lowest BCUT2D eigenvalue weighted by molar-refractivity contribution is -0.141. The molecule has 26 heteroatoms. The van der Waals surface area contributed by atoms with Crippen molar-refractivity contribution in [3.8, 4) is 11.1 Å². The number of carbonyl (C=O) groups is 10. The monoisotopic (exact) mass is 1620 g/mol. The predicted molar refractivity (Wildman–Crippen MR) is 464 cm³/mol. The van der Waals surface area contributed by atoms with Crippen LogP contribution in [0, 0.1) is 46.8 Å². The van der Waals surface area contributed by atoms with E-state index in [4.69, 9.17) is 27.0 Å². The summed E-state index contributed by atoms with van der Waals surface area (Å²) in [6.07, 6.45) is 16.2. The maximum atomic E-state index is 11.9. The Hall–Kier alpha value is -9.18. The molecule has 115 heavy (non-hydrogen) atoms. The molecule has 0 radical (unpaired) electrons. The van der Waals surface area contributed by atoms with Gasteiger partial charge in [-0.2, -0.15) is 0 Å². The van der Waals surface area contributed by atoms with Crippen molar-refractivity contribution in [2.24, 2.45) is 51.5 Å². The predicted octanol–water partition coefficient (Wildman–Crippen LogP) is 16.2. The van der Waals surface area contributed by atoms with Crippen LogP contribution in [0.3, 0.4) is 0 Å². The average molecular weight is 1620 g/mol. The minimum atomic E-state index is -0.959. The number of hydrogen-bond acceptors (Lipinski definition) is 24. The van der Waals surface area contributed by atoms with Gasteiger partial charge in [0.05, 0.1) is 34.2 Å². The molecule has 4 atom stereocenters. The second-order valence-electron chi connectivity index (χ2n) is 34.1. The SMILES string of the molecule is CC(=O)C1CCCCN1.CC(=O)OCC1c2ccccc2-c2ccccc21.CC(=O)c1ccccc1C.CC(=O)c1cccnc1C.CC(C)(C)C(=O)C1CCCCN1.CC(C)(C)C(=O)C1CC[C@H](N)C1.CC(C)(C)C(=O)c1cnc(NCC(=O)O)s1.CC(C)(C)C(=O)c1cnc(NCCN)s1.Cn1cc(N)nc1C(=O)C(C)(C)C. The summed E-state index contributed by atoms with van der Waals surface area (Å²) < 4.78 is 6.86. The summed E-state index contributed by atoms with van der Waals surface area (Å²) in [6.45, 7) is 42.2. The van der Waals surface area contributed by atoms with Crippen LogP contribution in [0.1, 0.15) is 268 Å². The lowest BCUT2D eigenvalue weighted by atomic mass is 9.82. The summed E-state index contributed by atoms with van der Waals surface area (Å²) in [4.78, 5) is 130. The molecule has 11 N–H and O–H groups in total. The molecule has 0 spiro atoms. The number of nitrogen functional groups attached to an aromatic ring is 1. The highest BCUT2D eigenvalue weighted by Gasteiger charge is 2.35. The standard InChI is InChI=1S/C16H14O2.C10H17N3OS.C10H14N2O3S.2C10H19NO.C9H15N3O.C9H10O.C8H9NO.C7H13NO/c1-11(17)18-10-16-14-8-4-2-6-12(14)13-7-3-5-9-15(13)16;1-10(2,3)8(14)7-6-13-9(15-7)12-5-4-11;1-10(2,3)8(15)6-4-11-9(16-6)12-5-7(13)14;1-10(2,3)9(12)7-4-5-8(11)6-7;1-10(2,3)9(12)8-6-4-5-7-11-8;1-9(2,3)7(13)8-11-6(10)5-12(8)4;1-7-5-3-4-6-9(7)8(2)10;1-6-8(7(2)10)4-3-5-9-6;1-6(9)7-4-2-3-5-8-7/h2-9,16H,10H2,1H3;6H,4-5,11H2,1-3H3,(H,12,13);4H,5H2,1-3H3,(H,11,12)(H,13,14);7-8H,4-6,11H2,1-3H3;8,11H,4-7H2,1-3H3;5H,10H2,1-4H3;3-6H,1-2H3;3-5H,1-2H3;7-8H,2-5H2,1H3/t;;;7?,8-;;;;;/m...0...../s1. The van der Waals surface area contributed by atoms with E-state index in [-0.39, 0.29) is 93.4 Å². The molecule has 0 bridgehead atoms. The molecular formula is C89H130N12O12S2. The Morgan fingerprint density at radius 1 is 0.574 bits per heavy atom. The summed E-state index contributed by atoms with van der Waals surface area (Å²) in [6, 6.07) is 28.3. The number of thiazole rings is 2. The Kier molecular flexibility index (Phi) is 41.0. The molecule has 3 fully saturated rings. The van der Waals surface area contributed by atoms with Crippen LogP contribution >= 0.6 is 22.7 Å². The van der Waals surface area contributed by atoms with E-state index >= 15 is 0 Å².